The normalized spacial score (nSPS) is 23.6. The van der Waals surface area contributed by atoms with E-state index in [9.17, 15) is 17.6 Å². The fourth-order valence-electron chi connectivity index (χ4n) is 2.92. The minimum absolute atomic E-state index is 0.258. The van der Waals surface area contributed by atoms with Crippen LogP contribution in [0.3, 0.4) is 0 Å². The molecular formula is C17H20F4. The largest absolute Gasteiger partial charge is 0.392 e. The van der Waals surface area contributed by atoms with Crippen LogP contribution in [-0.4, -0.2) is 6.18 Å². The second-order valence-electron chi connectivity index (χ2n) is 5.73. The van der Waals surface area contributed by atoms with Gasteiger partial charge < -0.3 is 0 Å². The predicted molar refractivity (Wildman–Crippen MR) is 75.8 cm³/mol. The minimum Gasteiger partial charge on any atom is -0.246 e. The molecule has 1 aliphatic carbocycles. The van der Waals surface area contributed by atoms with Crippen LogP contribution in [-0.2, 0) is 6.67 Å². The van der Waals surface area contributed by atoms with Crippen LogP contribution in [0.1, 0.15) is 49.1 Å². The van der Waals surface area contributed by atoms with Gasteiger partial charge in [-0.15, -0.1) is 0 Å². The topological polar surface area (TPSA) is 0 Å². The Kier molecular flexibility index (Phi) is 5.43. The second kappa shape index (κ2) is 7.10. The van der Waals surface area contributed by atoms with E-state index in [-0.39, 0.29) is 5.92 Å². The summed E-state index contributed by atoms with van der Waals surface area (Å²) in [7, 11) is 0. The molecule has 1 fully saturated rings. The Labute approximate surface area is 122 Å². The Morgan fingerprint density at radius 3 is 2.14 bits per heavy atom. The van der Waals surface area contributed by atoms with E-state index in [1.807, 2.05) is 24.3 Å². The zero-order chi connectivity index (χ0) is 15.3. The molecule has 0 N–H and O–H groups in total. The summed E-state index contributed by atoms with van der Waals surface area (Å²) in [6.45, 7) is -0.447. The van der Waals surface area contributed by atoms with E-state index < -0.39 is 19.3 Å². The third-order valence-electron chi connectivity index (χ3n) is 4.13. The molecule has 1 aromatic rings. The minimum atomic E-state index is -4.11. The van der Waals surface area contributed by atoms with Gasteiger partial charge in [-0.2, -0.15) is 13.2 Å². The van der Waals surface area contributed by atoms with Crippen molar-refractivity contribution in [1.29, 1.82) is 0 Å². The molecule has 0 aromatic heterocycles. The van der Waals surface area contributed by atoms with Crippen molar-refractivity contribution >= 4 is 0 Å². The van der Waals surface area contributed by atoms with Crippen LogP contribution in [0.4, 0.5) is 17.6 Å². The monoisotopic (exact) mass is 300 g/mol. The first kappa shape index (κ1) is 16.1. The van der Waals surface area contributed by atoms with Gasteiger partial charge in [0.05, 0.1) is 6.42 Å². The van der Waals surface area contributed by atoms with Gasteiger partial charge in [-0.05, 0) is 48.6 Å². The van der Waals surface area contributed by atoms with Crippen molar-refractivity contribution in [3.63, 3.8) is 0 Å². The third-order valence-corrected chi connectivity index (χ3v) is 4.13. The molecule has 0 heterocycles. The number of hydrogen-bond donors (Lipinski definition) is 0. The lowest BCUT2D eigenvalue weighted by Crippen LogP contribution is -2.12. The van der Waals surface area contributed by atoms with Crippen molar-refractivity contribution in [2.75, 3.05) is 0 Å². The lowest BCUT2D eigenvalue weighted by atomic mass is 9.78. The van der Waals surface area contributed by atoms with Crippen LogP contribution in [0.2, 0.25) is 0 Å². The van der Waals surface area contributed by atoms with E-state index in [4.69, 9.17) is 0 Å². The van der Waals surface area contributed by atoms with Gasteiger partial charge in [0.25, 0.3) is 0 Å². The molecule has 21 heavy (non-hydrogen) atoms. The first-order valence-corrected chi connectivity index (χ1v) is 7.36. The van der Waals surface area contributed by atoms with Crippen molar-refractivity contribution in [3.05, 3.63) is 47.5 Å². The molecule has 1 aromatic carbocycles. The number of rotatable bonds is 4. The molecular weight excluding hydrogens is 280 g/mol. The van der Waals surface area contributed by atoms with Crippen LogP contribution in [0, 0.1) is 5.92 Å². The number of benzene rings is 1. The molecule has 1 saturated carbocycles. The van der Waals surface area contributed by atoms with Gasteiger partial charge in [0, 0.05) is 0 Å². The van der Waals surface area contributed by atoms with E-state index in [0.717, 1.165) is 25.7 Å². The summed E-state index contributed by atoms with van der Waals surface area (Å²) in [5, 5.41) is 0. The molecule has 116 valence electrons. The standard InChI is InChI=1S/C17H20F4/c18-12-14-5-9-16(10-6-14)15-7-3-13(4-8-15)2-1-11-17(19,20)21/h1-2,5-6,9-10,13,15H,3-4,7-8,11-12H2/t13-,15-. The van der Waals surface area contributed by atoms with E-state index in [0.29, 0.717) is 11.5 Å². The fraction of sp³-hybridized carbons (Fsp3) is 0.529. The van der Waals surface area contributed by atoms with Crippen molar-refractivity contribution in [1.82, 2.24) is 0 Å². The molecule has 2 rings (SSSR count). The molecule has 1 aliphatic rings. The van der Waals surface area contributed by atoms with Gasteiger partial charge in [-0.3, -0.25) is 0 Å². The lowest BCUT2D eigenvalue weighted by Gasteiger charge is -2.27. The lowest BCUT2D eigenvalue weighted by molar-refractivity contribution is -0.125. The van der Waals surface area contributed by atoms with Crippen molar-refractivity contribution in [2.24, 2.45) is 5.92 Å². The van der Waals surface area contributed by atoms with Gasteiger partial charge in [0.2, 0.25) is 0 Å². The Hall–Kier alpha value is -1.32. The molecule has 0 amide bonds. The highest BCUT2D eigenvalue weighted by molar-refractivity contribution is 5.25. The number of halogens is 4. The molecule has 0 saturated heterocycles. The molecule has 0 aliphatic heterocycles. The maximum absolute atomic E-state index is 12.5. The summed E-state index contributed by atoms with van der Waals surface area (Å²) in [4.78, 5) is 0. The average Bonchev–Trinajstić information content (AvgIpc) is 2.47. The summed E-state index contributed by atoms with van der Waals surface area (Å²) in [6.07, 6.45) is 1.83. The second-order valence-corrected chi connectivity index (χ2v) is 5.73. The van der Waals surface area contributed by atoms with Crippen LogP contribution < -0.4 is 0 Å². The molecule has 0 radical (unpaired) electrons. The summed E-state index contributed by atoms with van der Waals surface area (Å²) in [5.74, 6) is 0.708. The summed E-state index contributed by atoms with van der Waals surface area (Å²) in [6, 6.07) is 7.56. The van der Waals surface area contributed by atoms with Crippen molar-refractivity contribution in [3.8, 4) is 0 Å². The molecule has 0 unspecified atom stereocenters. The Morgan fingerprint density at radius 2 is 1.62 bits per heavy atom. The highest BCUT2D eigenvalue weighted by atomic mass is 19.4. The number of allylic oxidation sites excluding steroid dienone is 2. The Morgan fingerprint density at radius 1 is 1.00 bits per heavy atom. The fourth-order valence-corrected chi connectivity index (χ4v) is 2.92. The van der Waals surface area contributed by atoms with Crippen LogP contribution in [0.15, 0.2) is 36.4 Å². The van der Waals surface area contributed by atoms with Gasteiger partial charge in [-0.1, -0.05) is 36.4 Å². The molecule has 0 spiro atoms. The van der Waals surface area contributed by atoms with Gasteiger partial charge >= 0.3 is 6.18 Å². The van der Waals surface area contributed by atoms with E-state index in [1.165, 1.54) is 11.6 Å². The quantitative estimate of drug-likeness (QED) is 0.477. The molecule has 0 nitrogen and oxygen atoms in total. The first-order chi connectivity index (χ1) is 9.98. The van der Waals surface area contributed by atoms with Crippen molar-refractivity contribution < 1.29 is 17.6 Å². The molecule has 0 atom stereocenters. The maximum atomic E-state index is 12.5. The van der Waals surface area contributed by atoms with Crippen molar-refractivity contribution in [2.45, 2.75) is 50.9 Å². The predicted octanol–water partition coefficient (Wildman–Crippen LogP) is 5.94. The Bertz CT molecular complexity index is 451. The number of hydrogen-bond acceptors (Lipinski definition) is 0. The SMILES string of the molecule is FCc1ccc([C@H]2CC[C@H](C=CCC(F)(F)F)CC2)cc1. The van der Waals surface area contributed by atoms with Crippen LogP contribution in [0.5, 0.6) is 0 Å². The summed E-state index contributed by atoms with van der Waals surface area (Å²) < 4.78 is 48.7. The molecule has 0 bridgehead atoms. The average molecular weight is 300 g/mol. The highest BCUT2D eigenvalue weighted by Gasteiger charge is 2.25. The van der Waals surface area contributed by atoms with Gasteiger partial charge in [-0.25, -0.2) is 4.39 Å². The van der Waals surface area contributed by atoms with Gasteiger partial charge in [0.15, 0.2) is 0 Å². The van der Waals surface area contributed by atoms with Crippen LogP contribution in [0.25, 0.3) is 0 Å². The zero-order valence-electron chi connectivity index (χ0n) is 11.9. The smallest absolute Gasteiger partial charge is 0.246 e. The van der Waals surface area contributed by atoms with E-state index in [1.54, 1.807) is 6.08 Å². The highest BCUT2D eigenvalue weighted by Crippen LogP contribution is 2.36. The maximum Gasteiger partial charge on any atom is 0.392 e. The third kappa shape index (κ3) is 5.18. The Balaban J connectivity index is 1.82. The zero-order valence-corrected chi connectivity index (χ0v) is 11.9. The number of alkyl halides is 4. The van der Waals surface area contributed by atoms with Crippen LogP contribution >= 0.6 is 0 Å². The molecule has 4 heteroatoms. The van der Waals surface area contributed by atoms with E-state index in [2.05, 4.69) is 0 Å². The van der Waals surface area contributed by atoms with E-state index >= 15 is 0 Å². The summed E-state index contributed by atoms with van der Waals surface area (Å²) in [5.41, 5.74) is 1.90. The summed E-state index contributed by atoms with van der Waals surface area (Å²) >= 11 is 0. The first-order valence-electron chi connectivity index (χ1n) is 7.36. The van der Waals surface area contributed by atoms with Gasteiger partial charge in [0.1, 0.15) is 6.67 Å².